The maximum absolute atomic E-state index is 12.6. The van der Waals surface area contributed by atoms with Gasteiger partial charge in [0.05, 0.1) is 24.7 Å². The van der Waals surface area contributed by atoms with Gasteiger partial charge in [0.15, 0.2) is 6.61 Å². The Morgan fingerprint density at radius 3 is 2.30 bits per heavy atom. The van der Waals surface area contributed by atoms with E-state index in [1.165, 1.54) is 17.0 Å². The Kier molecular flexibility index (Phi) is 7.09. The maximum Gasteiger partial charge on any atom is 0.338 e. The van der Waals surface area contributed by atoms with Crippen molar-refractivity contribution < 1.29 is 19.4 Å². The molecule has 0 atom stereocenters. The van der Waals surface area contributed by atoms with Crippen molar-refractivity contribution >= 4 is 17.6 Å². The van der Waals surface area contributed by atoms with Crippen molar-refractivity contribution in [3.8, 4) is 6.07 Å². The molecule has 0 aliphatic rings. The summed E-state index contributed by atoms with van der Waals surface area (Å²) in [6, 6.07) is 14.1. The van der Waals surface area contributed by atoms with E-state index in [-0.39, 0.29) is 19.6 Å². The van der Waals surface area contributed by atoms with Gasteiger partial charge in [-0.2, -0.15) is 5.26 Å². The number of nitriles is 1. The molecule has 1 N–H and O–H groups in total. The number of aliphatic hydroxyl groups excluding tert-OH is 1. The number of anilines is 1. The molecule has 6 nitrogen and oxygen atoms in total. The third-order valence-corrected chi connectivity index (χ3v) is 3.97. The predicted molar refractivity (Wildman–Crippen MR) is 101 cm³/mol. The third-order valence-electron chi connectivity index (χ3n) is 3.97. The highest BCUT2D eigenvalue weighted by atomic mass is 16.5. The van der Waals surface area contributed by atoms with Crippen LogP contribution in [0.4, 0.5) is 5.69 Å². The molecule has 2 rings (SSSR count). The number of rotatable bonds is 7. The number of hydrogen-bond acceptors (Lipinski definition) is 5. The minimum Gasteiger partial charge on any atom is -0.452 e. The number of hydrogen-bond donors (Lipinski definition) is 1. The second kappa shape index (κ2) is 9.51. The molecule has 0 heterocycles. The molecule has 0 radical (unpaired) electrons. The van der Waals surface area contributed by atoms with Crippen molar-refractivity contribution in [3.63, 3.8) is 0 Å². The first-order valence-corrected chi connectivity index (χ1v) is 8.57. The van der Waals surface area contributed by atoms with Crippen LogP contribution in [0.1, 0.15) is 33.5 Å². The quantitative estimate of drug-likeness (QED) is 0.761. The Morgan fingerprint density at radius 1 is 1.11 bits per heavy atom. The summed E-state index contributed by atoms with van der Waals surface area (Å²) in [6.07, 6.45) is 0.176. The molecule has 27 heavy (non-hydrogen) atoms. The van der Waals surface area contributed by atoms with Crippen LogP contribution in [0.25, 0.3) is 0 Å². The van der Waals surface area contributed by atoms with Gasteiger partial charge in [0.25, 0.3) is 5.91 Å². The molecule has 2 aromatic carbocycles. The second-order valence-electron chi connectivity index (χ2n) is 6.23. The smallest absolute Gasteiger partial charge is 0.338 e. The van der Waals surface area contributed by atoms with E-state index >= 15 is 0 Å². The number of aryl methyl sites for hydroxylation is 2. The highest BCUT2D eigenvalue weighted by Crippen LogP contribution is 2.19. The molecule has 0 spiro atoms. The van der Waals surface area contributed by atoms with Crippen LogP contribution in [-0.2, 0) is 16.1 Å². The third kappa shape index (κ3) is 5.66. The van der Waals surface area contributed by atoms with Crippen LogP contribution in [0.5, 0.6) is 0 Å². The first kappa shape index (κ1) is 20.1. The average molecular weight is 366 g/mol. The zero-order valence-corrected chi connectivity index (χ0v) is 15.4. The lowest BCUT2D eigenvalue weighted by atomic mass is 10.1. The molecular weight excluding hydrogens is 344 g/mol. The summed E-state index contributed by atoms with van der Waals surface area (Å²) >= 11 is 0. The zero-order valence-electron chi connectivity index (χ0n) is 15.4. The van der Waals surface area contributed by atoms with Crippen molar-refractivity contribution in [1.29, 1.82) is 5.26 Å². The predicted octanol–water partition coefficient (Wildman–Crippen LogP) is 2.90. The van der Waals surface area contributed by atoms with Gasteiger partial charge in [-0.05, 0) is 54.8 Å². The van der Waals surface area contributed by atoms with E-state index in [2.05, 4.69) is 0 Å². The first-order chi connectivity index (χ1) is 12.9. The normalized spacial score (nSPS) is 10.1. The number of benzene rings is 2. The van der Waals surface area contributed by atoms with Gasteiger partial charge in [-0.25, -0.2) is 4.79 Å². The first-order valence-electron chi connectivity index (χ1n) is 8.57. The molecule has 0 aliphatic carbocycles. The summed E-state index contributed by atoms with van der Waals surface area (Å²) in [6.45, 7) is 3.55. The van der Waals surface area contributed by atoms with Gasteiger partial charge in [0, 0.05) is 12.2 Å². The molecule has 1 amide bonds. The molecule has 140 valence electrons. The summed E-state index contributed by atoms with van der Waals surface area (Å²) < 4.78 is 5.13. The number of carbonyl (C=O) groups is 2. The largest absolute Gasteiger partial charge is 0.452 e. The maximum atomic E-state index is 12.6. The van der Waals surface area contributed by atoms with Gasteiger partial charge in [-0.15, -0.1) is 0 Å². The lowest BCUT2D eigenvalue weighted by molar-refractivity contribution is -0.121. The molecule has 0 saturated heterocycles. The van der Waals surface area contributed by atoms with Gasteiger partial charge < -0.3 is 14.7 Å². The SMILES string of the molecule is Cc1cc(C)cc(N(CCC#N)C(=O)COC(=O)c2ccc(CO)cc2)c1. The molecule has 0 aromatic heterocycles. The van der Waals surface area contributed by atoms with Gasteiger partial charge in [0.1, 0.15) is 0 Å². The molecule has 0 fully saturated rings. The molecule has 0 aliphatic heterocycles. The number of carbonyl (C=O) groups excluding carboxylic acids is 2. The molecule has 2 aromatic rings. The Hall–Kier alpha value is -3.17. The van der Waals surface area contributed by atoms with E-state index in [1.807, 2.05) is 38.1 Å². The Bertz CT molecular complexity index is 833. The van der Waals surface area contributed by atoms with Crippen LogP contribution < -0.4 is 4.90 Å². The van der Waals surface area contributed by atoms with Crippen molar-refractivity contribution in [2.45, 2.75) is 26.9 Å². The van der Waals surface area contributed by atoms with Crippen LogP contribution in [0, 0.1) is 25.2 Å². The monoisotopic (exact) mass is 366 g/mol. The van der Waals surface area contributed by atoms with Crippen molar-refractivity contribution in [1.82, 2.24) is 0 Å². The van der Waals surface area contributed by atoms with Crippen LogP contribution in [0.3, 0.4) is 0 Å². The second-order valence-corrected chi connectivity index (χ2v) is 6.23. The Labute approximate surface area is 158 Å². The van der Waals surface area contributed by atoms with Crippen LogP contribution in [-0.4, -0.2) is 30.1 Å². The minimum atomic E-state index is -0.617. The number of amides is 1. The van der Waals surface area contributed by atoms with Crippen LogP contribution in [0.2, 0.25) is 0 Å². The van der Waals surface area contributed by atoms with Gasteiger partial charge >= 0.3 is 5.97 Å². The molecular formula is C21H22N2O4. The topological polar surface area (TPSA) is 90.6 Å². The fourth-order valence-electron chi connectivity index (χ4n) is 2.70. The molecule has 0 saturated carbocycles. The number of esters is 1. The highest BCUT2D eigenvalue weighted by Gasteiger charge is 2.18. The van der Waals surface area contributed by atoms with E-state index < -0.39 is 18.5 Å². The number of nitrogens with zero attached hydrogens (tertiary/aromatic N) is 2. The van der Waals surface area contributed by atoms with Crippen molar-refractivity contribution in [3.05, 3.63) is 64.7 Å². The Morgan fingerprint density at radius 2 is 1.74 bits per heavy atom. The summed E-state index contributed by atoms with van der Waals surface area (Å²) in [4.78, 5) is 26.2. The van der Waals surface area contributed by atoms with Crippen LogP contribution >= 0.6 is 0 Å². The fourth-order valence-corrected chi connectivity index (χ4v) is 2.70. The molecule has 0 bridgehead atoms. The standard InChI is InChI=1S/C21H22N2O4/c1-15-10-16(2)12-19(11-15)23(9-3-8-22)20(25)14-27-21(26)18-6-4-17(13-24)5-7-18/h4-7,10-12,24H,3,9,13-14H2,1-2H3. The highest BCUT2D eigenvalue weighted by molar-refractivity contribution is 5.97. The summed E-state index contributed by atoms with van der Waals surface area (Å²) in [7, 11) is 0. The van der Waals surface area contributed by atoms with E-state index in [1.54, 1.807) is 12.1 Å². The zero-order chi connectivity index (χ0) is 19.8. The molecule has 6 heteroatoms. The minimum absolute atomic E-state index is 0.114. The van der Waals surface area contributed by atoms with E-state index in [4.69, 9.17) is 15.1 Å². The van der Waals surface area contributed by atoms with Crippen LogP contribution in [0.15, 0.2) is 42.5 Å². The van der Waals surface area contributed by atoms with E-state index in [9.17, 15) is 9.59 Å². The van der Waals surface area contributed by atoms with E-state index in [0.29, 0.717) is 16.8 Å². The number of ether oxygens (including phenoxy) is 1. The summed E-state index contributed by atoms with van der Waals surface area (Å²) in [5, 5.41) is 17.9. The fraction of sp³-hybridized carbons (Fsp3) is 0.286. The van der Waals surface area contributed by atoms with E-state index in [0.717, 1.165) is 11.1 Å². The Balaban J connectivity index is 2.08. The van der Waals surface area contributed by atoms with Gasteiger partial charge in [0.2, 0.25) is 0 Å². The molecule has 0 unspecified atom stereocenters. The average Bonchev–Trinajstić information content (AvgIpc) is 2.65. The summed E-state index contributed by atoms with van der Waals surface area (Å²) in [5.74, 6) is -1.01. The van der Waals surface area contributed by atoms with Gasteiger partial charge in [-0.3, -0.25) is 4.79 Å². The van der Waals surface area contributed by atoms with Gasteiger partial charge in [-0.1, -0.05) is 18.2 Å². The van der Waals surface area contributed by atoms with Crippen molar-refractivity contribution in [2.24, 2.45) is 0 Å². The lowest BCUT2D eigenvalue weighted by Crippen LogP contribution is -2.35. The number of aliphatic hydroxyl groups is 1. The summed E-state index contributed by atoms with van der Waals surface area (Å²) in [5.41, 5.74) is 3.66. The lowest BCUT2D eigenvalue weighted by Gasteiger charge is -2.22. The van der Waals surface area contributed by atoms with Crippen molar-refractivity contribution in [2.75, 3.05) is 18.1 Å².